The van der Waals surface area contributed by atoms with Gasteiger partial charge in [0.05, 0.1) is 6.61 Å². The second kappa shape index (κ2) is 8.62. The zero-order chi connectivity index (χ0) is 18.4. The molecule has 0 heterocycles. The van der Waals surface area contributed by atoms with E-state index >= 15 is 0 Å². The molecule has 0 aromatic heterocycles. The highest BCUT2D eigenvalue weighted by Crippen LogP contribution is 2.27. The fourth-order valence-electron chi connectivity index (χ4n) is 2.50. The van der Waals surface area contributed by atoms with Gasteiger partial charge in [0.25, 0.3) is 5.91 Å². The maximum absolute atomic E-state index is 13.3. The highest BCUT2D eigenvalue weighted by atomic mass is 19.1. The summed E-state index contributed by atoms with van der Waals surface area (Å²) < 4.78 is 19.0. The van der Waals surface area contributed by atoms with Gasteiger partial charge in [-0.25, -0.2) is 4.39 Å². The van der Waals surface area contributed by atoms with Crippen molar-refractivity contribution in [2.45, 2.75) is 39.8 Å². The average Bonchev–Trinajstić information content (AvgIpc) is 2.59. The van der Waals surface area contributed by atoms with Crippen molar-refractivity contribution in [3.8, 4) is 5.75 Å². The maximum Gasteiger partial charge on any atom is 0.258 e. The molecule has 0 atom stereocenters. The molecule has 2 rings (SSSR count). The number of aliphatic hydroxyl groups is 1. The van der Waals surface area contributed by atoms with Crippen LogP contribution >= 0.6 is 0 Å². The lowest BCUT2D eigenvalue weighted by molar-refractivity contribution is -0.123. The van der Waals surface area contributed by atoms with E-state index in [-0.39, 0.29) is 31.2 Å². The third-order valence-corrected chi connectivity index (χ3v) is 3.92. The number of carbonyl (C=O) groups excluding carboxylic acids is 1. The first-order valence-corrected chi connectivity index (χ1v) is 8.29. The standard InChI is InChI=1S/C20H24FNO3/c1-13(2)17-6-4-14(3)8-19(17)25-12-20(24)22-10-15-5-7-18(21)16(9-15)11-23/h4-9,13,23H,10-12H2,1-3H3,(H,22,24). The minimum absolute atomic E-state index is 0.0861. The van der Waals surface area contributed by atoms with Crippen LogP contribution in [0, 0.1) is 12.7 Å². The molecule has 2 aromatic carbocycles. The molecule has 0 bridgehead atoms. The van der Waals surface area contributed by atoms with Crippen LogP contribution < -0.4 is 10.1 Å². The van der Waals surface area contributed by atoms with Gasteiger partial charge < -0.3 is 15.2 Å². The molecule has 5 heteroatoms. The summed E-state index contributed by atoms with van der Waals surface area (Å²) >= 11 is 0. The second-order valence-corrected chi connectivity index (χ2v) is 6.35. The van der Waals surface area contributed by atoms with Gasteiger partial charge in [-0.3, -0.25) is 4.79 Å². The highest BCUT2D eigenvalue weighted by Gasteiger charge is 2.10. The Hall–Kier alpha value is -2.40. The fourth-order valence-corrected chi connectivity index (χ4v) is 2.50. The molecule has 0 aliphatic rings. The van der Waals surface area contributed by atoms with Crippen molar-refractivity contribution >= 4 is 5.91 Å². The van der Waals surface area contributed by atoms with Gasteiger partial charge in [0.15, 0.2) is 6.61 Å². The van der Waals surface area contributed by atoms with Crippen molar-refractivity contribution in [2.75, 3.05) is 6.61 Å². The molecule has 4 nitrogen and oxygen atoms in total. The van der Waals surface area contributed by atoms with Gasteiger partial charge in [0.1, 0.15) is 11.6 Å². The summed E-state index contributed by atoms with van der Waals surface area (Å²) in [4.78, 5) is 12.0. The summed E-state index contributed by atoms with van der Waals surface area (Å²) in [6.45, 7) is 5.92. The van der Waals surface area contributed by atoms with Crippen molar-refractivity contribution < 1.29 is 19.0 Å². The predicted octanol–water partition coefficient (Wildman–Crippen LogP) is 3.45. The van der Waals surface area contributed by atoms with E-state index in [1.165, 1.54) is 12.1 Å². The molecule has 134 valence electrons. The van der Waals surface area contributed by atoms with Crippen LogP contribution in [-0.2, 0) is 17.9 Å². The molecular formula is C20H24FNO3. The Kier molecular flexibility index (Phi) is 6.53. The number of benzene rings is 2. The van der Waals surface area contributed by atoms with Crippen LogP contribution in [0.3, 0.4) is 0 Å². The Balaban J connectivity index is 1.92. The van der Waals surface area contributed by atoms with Crippen LogP contribution in [0.4, 0.5) is 4.39 Å². The number of hydrogen-bond donors (Lipinski definition) is 2. The molecule has 0 fully saturated rings. The fraction of sp³-hybridized carbons (Fsp3) is 0.350. The van der Waals surface area contributed by atoms with Gasteiger partial charge in [0, 0.05) is 12.1 Å². The Labute approximate surface area is 147 Å². The van der Waals surface area contributed by atoms with Crippen LogP contribution in [0.2, 0.25) is 0 Å². The third-order valence-electron chi connectivity index (χ3n) is 3.92. The van der Waals surface area contributed by atoms with E-state index < -0.39 is 5.82 Å². The minimum Gasteiger partial charge on any atom is -0.483 e. The molecule has 1 amide bonds. The van der Waals surface area contributed by atoms with Gasteiger partial charge in [-0.2, -0.15) is 0 Å². The first kappa shape index (κ1) is 18.9. The van der Waals surface area contributed by atoms with E-state index in [4.69, 9.17) is 9.84 Å². The summed E-state index contributed by atoms with van der Waals surface area (Å²) in [7, 11) is 0. The molecule has 2 aromatic rings. The van der Waals surface area contributed by atoms with Crippen LogP contribution in [0.15, 0.2) is 36.4 Å². The number of nitrogens with one attached hydrogen (secondary N) is 1. The van der Waals surface area contributed by atoms with Crippen molar-refractivity contribution in [2.24, 2.45) is 0 Å². The number of amides is 1. The SMILES string of the molecule is Cc1ccc(C(C)C)c(OCC(=O)NCc2ccc(F)c(CO)c2)c1. The zero-order valence-electron chi connectivity index (χ0n) is 14.8. The maximum atomic E-state index is 13.3. The van der Waals surface area contributed by atoms with Crippen LogP contribution in [0.25, 0.3) is 0 Å². The molecule has 0 saturated heterocycles. The van der Waals surface area contributed by atoms with Crippen molar-refractivity contribution in [1.82, 2.24) is 5.32 Å². The Morgan fingerprint density at radius 1 is 1.24 bits per heavy atom. The smallest absolute Gasteiger partial charge is 0.258 e. The molecule has 0 aliphatic carbocycles. The molecule has 2 N–H and O–H groups in total. The van der Waals surface area contributed by atoms with Crippen molar-refractivity contribution in [3.05, 3.63) is 64.5 Å². The lowest BCUT2D eigenvalue weighted by Gasteiger charge is -2.15. The van der Waals surface area contributed by atoms with Crippen LogP contribution in [0.5, 0.6) is 5.75 Å². The third kappa shape index (κ3) is 5.29. The van der Waals surface area contributed by atoms with Crippen molar-refractivity contribution in [3.63, 3.8) is 0 Å². The lowest BCUT2D eigenvalue weighted by Crippen LogP contribution is -2.28. The largest absolute Gasteiger partial charge is 0.483 e. The lowest BCUT2D eigenvalue weighted by atomic mass is 10.0. The first-order chi connectivity index (χ1) is 11.9. The summed E-state index contributed by atoms with van der Waals surface area (Å²) in [6, 6.07) is 10.4. The second-order valence-electron chi connectivity index (χ2n) is 6.35. The monoisotopic (exact) mass is 345 g/mol. The molecular weight excluding hydrogens is 321 g/mol. The molecule has 25 heavy (non-hydrogen) atoms. The van der Waals surface area contributed by atoms with Gasteiger partial charge in [-0.05, 0) is 47.7 Å². The summed E-state index contributed by atoms with van der Waals surface area (Å²) in [5.41, 5.74) is 3.06. The van der Waals surface area contributed by atoms with Gasteiger partial charge in [-0.15, -0.1) is 0 Å². The summed E-state index contributed by atoms with van der Waals surface area (Å²) in [6.07, 6.45) is 0. The topological polar surface area (TPSA) is 58.6 Å². The number of ether oxygens (including phenoxy) is 1. The molecule has 0 saturated carbocycles. The quantitative estimate of drug-likeness (QED) is 0.808. The van der Waals surface area contributed by atoms with Crippen molar-refractivity contribution in [1.29, 1.82) is 0 Å². The molecule has 0 radical (unpaired) electrons. The summed E-state index contributed by atoms with van der Waals surface area (Å²) in [5, 5.41) is 11.8. The minimum atomic E-state index is -0.457. The van der Waals surface area contributed by atoms with E-state index in [0.29, 0.717) is 5.92 Å². The summed E-state index contributed by atoms with van der Waals surface area (Å²) in [5.74, 6) is 0.303. The Morgan fingerprint density at radius 3 is 2.68 bits per heavy atom. The van der Waals surface area contributed by atoms with Crippen LogP contribution in [0.1, 0.15) is 42.0 Å². The van der Waals surface area contributed by atoms with E-state index in [1.54, 1.807) is 6.07 Å². The van der Waals surface area contributed by atoms with Crippen LogP contribution in [-0.4, -0.2) is 17.6 Å². The molecule has 0 unspecified atom stereocenters. The normalized spacial score (nSPS) is 10.8. The number of halogens is 1. The number of rotatable bonds is 7. The number of carbonyl (C=O) groups is 1. The van der Waals surface area contributed by atoms with E-state index in [9.17, 15) is 9.18 Å². The van der Waals surface area contributed by atoms with E-state index in [2.05, 4.69) is 19.2 Å². The number of hydrogen-bond acceptors (Lipinski definition) is 3. The predicted molar refractivity (Wildman–Crippen MR) is 94.9 cm³/mol. The van der Waals surface area contributed by atoms with Gasteiger partial charge in [-0.1, -0.05) is 32.0 Å². The average molecular weight is 345 g/mol. The van der Waals surface area contributed by atoms with Gasteiger partial charge in [0.2, 0.25) is 0 Å². The zero-order valence-corrected chi connectivity index (χ0v) is 14.8. The first-order valence-electron chi connectivity index (χ1n) is 8.29. The van der Waals surface area contributed by atoms with E-state index in [1.807, 2.05) is 25.1 Å². The highest BCUT2D eigenvalue weighted by molar-refractivity contribution is 5.77. The molecule has 0 spiro atoms. The molecule has 0 aliphatic heterocycles. The number of aliphatic hydroxyl groups excluding tert-OH is 1. The van der Waals surface area contributed by atoms with E-state index in [0.717, 1.165) is 22.4 Å². The van der Waals surface area contributed by atoms with Gasteiger partial charge >= 0.3 is 0 Å². The number of aryl methyl sites for hydroxylation is 1. The Morgan fingerprint density at radius 2 is 2.00 bits per heavy atom. The Bertz CT molecular complexity index is 744.